The monoisotopic (exact) mass is 300 g/mol. The second-order valence-corrected chi connectivity index (χ2v) is 5.64. The normalized spacial score (nSPS) is 23.2. The molecule has 0 aliphatic carbocycles. The lowest BCUT2D eigenvalue weighted by Crippen LogP contribution is -2.56. The molecule has 1 N–H and O–H groups in total. The van der Waals surface area contributed by atoms with Crippen molar-refractivity contribution in [2.45, 2.75) is 38.5 Å². The zero-order chi connectivity index (χ0) is 15.6. The molecule has 1 aromatic rings. The third kappa shape index (κ3) is 4.20. The number of halogens is 3. The minimum Gasteiger partial charge on any atom is -0.339 e. The van der Waals surface area contributed by atoms with E-state index in [2.05, 4.69) is 5.32 Å². The van der Waals surface area contributed by atoms with E-state index in [1.165, 1.54) is 12.1 Å². The van der Waals surface area contributed by atoms with Gasteiger partial charge in [0, 0.05) is 25.2 Å². The summed E-state index contributed by atoms with van der Waals surface area (Å²) >= 11 is 0. The van der Waals surface area contributed by atoms with Crippen LogP contribution in [0, 0.1) is 0 Å². The van der Waals surface area contributed by atoms with Crippen LogP contribution in [0.2, 0.25) is 0 Å². The van der Waals surface area contributed by atoms with Crippen LogP contribution >= 0.6 is 0 Å². The zero-order valence-electron chi connectivity index (χ0n) is 12.1. The average molecular weight is 300 g/mol. The molecule has 1 fully saturated rings. The number of alkyl halides is 3. The molecule has 116 valence electrons. The van der Waals surface area contributed by atoms with Crippen molar-refractivity contribution >= 4 is 5.91 Å². The fourth-order valence-corrected chi connectivity index (χ4v) is 2.63. The molecule has 1 heterocycles. The van der Waals surface area contributed by atoms with Gasteiger partial charge in [-0.3, -0.25) is 4.79 Å². The Hall–Kier alpha value is -1.56. The topological polar surface area (TPSA) is 32.3 Å². The van der Waals surface area contributed by atoms with Crippen molar-refractivity contribution in [1.29, 1.82) is 0 Å². The third-order valence-corrected chi connectivity index (χ3v) is 3.55. The average Bonchev–Trinajstić information content (AvgIpc) is 2.37. The molecule has 1 amide bonds. The van der Waals surface area contributed by atoms with Gasteiger partial charge in [-0.1, -0.05) is 12.1 Å². The number of carbonyl (C=O) groups excluding carboxylic acids is 1. The van der Waals surface area contributed by atoms with Gasteiger partial charge in [0.1, 0.15) is 0 Å². The molecule has 0 saturated carbocycles. The fourth-order valence-electron chi connectivity index (χ4n) is 2.63. The van der Waals surface area contributed by atoms with Gasteiger partial charge in [0.05, 0.1) is 12.0 Å². The van der Waals surface area contributed by atoms with E-state index >= 15 is 0 Å². The van der Waals surface area contributed by atoms with E-state index in [0.29, 0.717) is 18.7 Å². The lowest BCUT2D eigenvalue weighted by atomic mass is 10.1. The van der Waals surface area contributed by atoms with Gasteiger partial charge in [0.15, 0.2) is 0 Å². The Labute approximate surface area is 122 Å². The zero-order valence-corrected chi connectivity index (χ0v) is 12.1. The first-order chi connectivity index (χ1) is 9.75. The highest BCUT2D eigenvalue weighted by molar-refractivity contribution is 5.79. The Bertz CT molecular complexity index is 489. The van der Waals surface area contributed by atoms with Crippen LogP contribution in [0.4, 0.5) is 13.2 Å². The molecule has 3 nitrogen and oxygen atoms in total. The van der Waals surface area contributed by atoms with Crippen LogP contribution < -0.4 is 5.32 Å². The van der Waals surface area contributed by atoms with Gasteiger partial charge in [-0.05, 0) is 31.5 Å². The predicted molar refractivity (Wildman–Crippen MR) is 73.8 cm³/mol. The van der Waals surface area contributed by atoms with Gasteiger partial charge in [-0.2, -0.15) is 13.2 Å². The number of amides is 1. The van der Waals surface area contributed by atoms with Crippen molar-refractivity contribution in [3.8, 4) is 0 Å². The van der Waals surface area contributed by atoms with E-state index in [1.54, 1.807) is 4.90 Å². The summed E-state index contributed by atoms with van der Waals surface area (Å²) in [6.45, 7) is 5.27. The van der Waals surface area contributed by atoms with E-state index in [0.717, 1.165) is 12.1 Å². The van der Waals surface area contributed by atoms with Gasteiger partial charge < -0.3 is 10.2 Å². The molecule has 6 heteroatoms. The summed E-state index contributed by atoms with van der Waals surface area (Å²) in [5.41, 5.74) is -0.0880. The Balaban J connectivity index is 1.99. The number of rotatable bonds is 2. The third-order valence-electron chi connectivity index (χ3n) is 3.55. The second kappa shape index (κ2) is 6.05. The van der Waals surface area contributed by atoms with Crippen LogP contribution in [0.5, 0.6) is 0 Å². The minimum absolute atomic E-state index is 0.0463. The standard InChI is InChI=1S/C15H19F3N2O/c1-10-8-20(9-11(2)19-10)14(21)7-12-3-5-13(6-4-12)15(16,17)18/h3-6,10-11,19H,7-9H2,1-2H3. The fraction of sp³-hybridized carbons (Fsp3) is 0.533. The van der Waals surface area contributed by atoms with Crippen molar-refractivity contribution in [3.05, 3.63) is 35.4 Å². The summed E-state index contributed by atoms with van der Waals surface area (Å²) in [5, 5.41) is 3.33. The van der Waals surface area contributed by atoms with E-state index in [1.807, 2.05) is 13.8 Å². The summed E-state index contributed by atoms with van der Waals surface area (Å²) in [7, 11) is 0. The number of piperazine rings is 1. The Kier molecular flexibility index (Phi) is 4.56. The Morgan fingerprint density at radius 3 is 2.19 bits per heavy atom. The molecular weight excluding hydrogens is 281 g/mol. The van der Waals surface area contributed by atoms with E-state index in [-0.39, 0.29) is 24.4 Å². The highest BCUT2D eigenvalue weighted by atomic mass is 19.4. The molecule has 1 aromatic carbocycles. The smallest absolute Gasteiger partial charge is 0.339 e. The van der Waals surface area contributed by atoms with Crippen LogP contribution in [0.1, 0.15) is 25.0 Å². The summed E-state index contributed by atoms with van der Waals surface area (Å²) < 4.78 is 37.4. The molecule has 1 aliphatic rings. The number of carbonyl (C=O) groups is 1. The number of nitrogens with one attached hydrogen (secondary N) is 1. The van der Waals surface area contributed by atoms with Crippen LogP contribution in [0.15, 0.2) is 24.3 Å². The first kappa shape index (κ1) is 15.8. The maximum absolute atomic E-state index is 12.5. The lowest BCUT2D eigenvalue weighted by Gasteiger charge is -2.36. The molecule has 1 aliphatic heterocycles. The largest absolute Gasteiger partial charge is 0.416 e. The maximum atomic E-state index is 12.5. The molecule has 21 heavy (non-hydrogen) atoms. The first-order valence-electron chi connectivity index (χ1n) is 6.95. The number of nitrogens with zero attached hydrogens (tertiary/aromatic N) is 1. The van der Waals surface area contributed by atoms with Gasteiger partial charge in [-0.15, -0.1) is 0 Å². The Morgan fingerprint density at radius 1 is 1.19 bits per heavy atom. The van der Waals surface area contributed by atoms with Crippen LogP contribution in [-0.4, -0.2) is 36.0 Å². The molecule has 2 atom stereocenters. The first-order valence-corrected chi connectivity index (χ1v) is 6.95. The second-order valence-electron chi connectivity index (χ2n) is 5.64. The number of hydrogen-bond donors (Lipinski definition) is 1. The van der Waals surface area contributed by atoms with E-state index in [9.17, 15) is 18.0 Å². The molecule has 0 bridgehead atoms. The summed E-state index contributed by atoms with van der Waals surface area (Å²) in [4.78, 5) is 14.0. The minimum atomic E-state index is -4.34. The van der Waals surface area contributed by atoms with Crippen molar-refractivity contribution in [3.63, 3.8) is 0 Å². The Morgan fingerprint density at radius 2 is 1.71 bits per heavy atom. The number of benzene rings is 1. The van der Waals surface area contributed by atoms with Crippen molar-refractivity contribution in [2.24, 2.45) is 0 Å². The van der Waals surface area contributed by atoms with Gasteiger partial charge in [-0.25, -0.2) is 0 Å². The van der Waals surface area contributed by atoms with Gasteiger partial charge in [0.2, 0.25) is 5.91 Å². The number of hydrogen-bond acceptors (Lipinski definition) is 2. The van der Waals surface area contributed by atoms with Gasteiger partial charge in [0.25, 0.3) is 0 Å². The molecule has 2 rings (SSSR count). The van der Waals surface area contributed by atoms with Crippen LogP contribution in [0.25, 0.3) is 0 Å². The predicted octanol–water partition coefficient (Wildman–Crippen LogP) is 2.46. The van der Waals surface area contributed by atoms with E-state index < -0.39 is 11.7 Å². The summed E-state index contributed by atoms with van der Waals surface area (Å²) in [6.07, 6.45) is -4.20. The lowest BCUT2D eigenvalue weighted by molar-refractivity contribution is -0.137. The highest BCUT2D eigenvalue weighted by Gasteiger charge is 2.30. The molecule has 0 aromatic heterocycles. The van der Waals surface area contributed by atoms with Gasteiger partial charge >= 0.3 is 6.18 Å². The van der Waals surface area contributed by atoms with Crippen molar-refractivity contribution in [1.82, 2.24) is 10.2 Å². The van der Waals surface area contributed by atoms with Crippen LogP contribution in [0.3, 0.4) is 0 Å². The van der Waals surface area contributed by atoms with Crippen molar-refractivity contribution < 1.29 is 18.0 Å². The molecular formula is C15H19F3N2O. The summed E-state index contributed by atoms with van der Waals surface area (Å²) in [6, 6.07) is 5.23. The van der Waals surface area contributed by atoms with Crippen molar-refractivity contribution in [2.75, 3.05) is 13.1 Å². The molecule has 0 spiro atoms. The molecule has 0 radical (unpaired) electrons. The SMILES string of the molecule is CC1CN(C(=O)Cc2ccc(C(F)(F)F)cc2)CC(C)N1. The highest BCUT2D eigenvalue weighted by Crippen LogP contribution is 2.29. The van der Waals surface area contributed by atoms with E-state index in [4.69, 9.17) is 0 Å². The quantitative estimate of drug-likeness (QED) is 0.910. The summed E-state index contributed by atoms with van der Waals surface area (Å²) in [5.74, 6) is -0.0463. The molecule has 2 unspecified atom stereocenters. The maximum Gasteiger partial charge on any atom is 0.416 e. The van der Waals surface area contributed by atoms with Crippen LogP contribution in [-0.2, 0) is 17.4 Å². The molecule has 1 saturated heterocycles.